The Hall–Kier alpha value is -1.59. The number of nitrogens with one attached hydrogen (secondary N) is 1. The molecule has 0 saturated heterocycles. The van der Waals surface area contributed by atoms with Crippen molar-refractivity contribution in [3.8, 4) is 0 Å². The van der Waals surface area contributed by atoms with Crippen LogP contribution in [0.5, 0.6) is 0 Å². The molecule has 0 aliphatic rings. The van der Waals surface area contributed by atoms with E-state index in [0.29, 0.717) is 6.61 Å². The smallest absolute Gasteiger partial charge is 0.129 e. The van der Waals surface area contributed by atoms with Gasteiger partial charge in [-0.1, -0.05) is 0 Å². The highest BCUT2D eigenvalue weighted by Crippen LogP contribution is 2.02. The number of nitrogens with zero attached hydrogens (tertiary/aromatic N) is 2. The van der Waals surface area contributed by atoms with Crippen LogP contribution in [-0.4, -0.2) is 22.7 Å². The Bertz CT molecular complexity index is 451. The Kier molecular flexibility index (Phi) is 5.65. The van der Waals surface area contributed by atoms with Gasteiger partial charge in [-0.25, -0.2) is 4.98 Å². The van der Waals surface area contributed by atoms with Gasteiger partial charge in [0.05, 0.1) is 18.3 Å². The maximum Gasteiger partial charge on any atom is 0.129 e. The average molecular weight is 263 g/mol. The molecule has 19 heavy (non-hydrogen) atoms. The van der Waals surface area contributed by atoms with Crippen LogP contribution in [0.2, 0.25) is 0 Å². The van der Waals surface area contributed by atoms with Crippen molar-refractivity contribution in [1.29, 1.82) is 0 Å². The minimum absolute atomic E-state index is 0.551. The first-order valence-electron chi connectivity index (χ1n) is 6.70. The van der Waals surface area contributed by atoms with Gasteiger partial charge in [-0.3, -0.25) is 0 Å². The van der Waals surface area contributed by atoms with Gasteiger partial charge in [-0.15, -0.1) is 0 Å². The van der Waals surface area contributed by atoms with Crippen molar-refractivity contribution in [2.75, 3.05) is 13.2 Å². The summed E-state index contributed by atoms with van der Waals surface area (Å²) in [5.74, 6) is 0.875. The summed E-state index contributed by atoms with van der Waals surface area (Å²) >= 11 is 0. The molecule has 1 N–H and O–H groups in total. The molecule has 0 aromatic carbocycles. The van der Waals surface area contributed by atoms with E-state index < -0.39 is 0 Å². The highest BCUT2D eigenvalue weighted by atomic mass is 16.5. The molecule has 0 spiro atoms. The third kappa shape index (κ3) is 4.54. The Morgan fingerprint density at radius 2 is 2.42 bits per heavy atom. The standard InChI is InChI=1S/C14H21N3O2/c1-2-17-12-16-10-13(17)9-15-6-4-7-18-11-14-5-3-8-19-14/h3,5,8,10,12,15H,2,4,6-7,9,11H2,1H3. The lowest BCUT2D eigenvalue weighted by atomic mass is 10.4. The molecule has 0 fully saturated rings. The number of rotatable bonds is 9. The Morgan fingerprint density at radius 1 is 1.47 bits per heavy atom. The Morgan fingerprint density at radius 3 is 3.21 bits per heavy atom. The SMILES string of the molecule is CCn1cncc1CNCCCOCc1ccco1. The highest BCUT2D eigenvalue weighted by molar-refractivity contribution is 4.97. The van der Waals surface area contributed by atoms with Gasteiger partial charge in [0.1, 0.15) is 12.4 Å². The predicted molar refractivity (Wildman–Crippen MR) is 72.6 cm³/mol. The number of imidazole rings is 1. The molecule has 5 nitrogen and oxygen atoms in total. The van der Waals surface area contributed by atoms with Crippen molar-refractivity contribution < 1.29 is 9.15 Å². The predicted octanol–water partition coefficient (Wildman–Crippen LogP) is 2.19. The Balaban J connectivity index is 1.50. The number of aromatic nitrogens is 2. The fourth-order valence-electron chi connectivity index (χ4n) is 1.86. The van der Waals surface area contributed by atoms with Gasteiger partial charge in [-0.2, -0.15) is 0 Å². The summed E-state index contributed by atoms with van der Waals surface area (Å²) in [4.78, 5) is 4.14. The second kappa shape index (κ2) is 7.76. The fraction of sp³-hybridized carbons (Fsp3) is 0.500. The molecule has 0 aliphatic heterocycles. The number of hydrogen-bond acceptors (Lipinski definition) is 4. The molecule has 104 valence electrons. The van der Waals surface area contributed by atoms with E-state index in [1.165, 1.54) is 5.69 Å². The maximum atomic E-state index is 5.51. The molecular formula is C14H21N3O2. The summed E-state index contributed by atoms with van der Waals surface area (Å²) in [5.41, 5.74) is 1.22. The first-order chi connectivity index (χ1) is 9.40. The minimum atomic E-state index is 0.551. The molecule has 5 heteroatoms. The number of aryl methyl sites for hydroxylation is 1. The van der Waals surface area contributed by atoms with Crippen LogP contribution in [0.1, 0.15) is 24.8 Å². The van der Waals surface area contributed by atoms with Gasteiger partial charge < -0.3 is 19.0 Å². The third-order valence-corrected chi connectivity index (χ3v) is 2.91. The summed E-state index contributed by atoms with van der Waals surface area (Å²) < 4.78 is 12.8. The summed E-state index contributed by atoms with van der Waals surface area (Å²) in [6.07, 6.45) is 6.42. The molecule has 2 aromatic heterocycles. The average Bonchev–Trinajstić information content (AvgIpc) is 3.08. The fourth-order valence-corrected chi connectivity index (χ4v) is 1.86. The van der Waals surface area contributed by atoms with Crippen molar-refractivity contribution in [3.63, 3.8) is 0 Å². The molecule has 0 atom stereocenters. The quantitative estimate of drug-likeness (QED) is 0.705. The molecule has 2 rings (SSSR count). The van der Waals surface area contributed by atoms with Gasteiger partial charge >= 0.3 is 0 Å². The second-order valence-electron chi connectivity index (χ2n) is 4.33. The van der Waals surface area contributed by atoms with Crippen molar-refractivity contribution in [2.24, 2.45) is 0 Å². The lowest BCUT2D eigenvalue weighted by molar-refractivity contribution is 0.104. The molecular weight excluding hydrogens is 242 g/mol. The molecule has 0 unspecified atom stereocenters. The van der Waals surface area contributed by atoms with Crippen LogP contribution in [0.25, 0.3) is 0 Å². The van der Waals surface area contributed by atoms with E-state index in [0.717, 1.165) is 38.4 Å². The van der Waals surface area contributed by atoms with E-state index in [1.54, 1.807) is 6.26 Å². The van der Waals surface area contributed by atoms with Crippen LogP contribution in [0.4, 0.5) is 0 Å². The highest BCUT2D eigenvalue weighted by Gasteiger charge is 1.99. The minimum Gasteiger partial charge on any atom is -0.467 e. The van der Waals surface area contributed by atoms with E-state index >= 15 is 0 Å². The van der Waals surface area contributed by atoms with Crippen LogP contribution < -0.4 is 5.32 Å². The van der Waals surface area contributed by atoms with Gasteiger partial charge in [-0.05, 0) is 32.0 Å². The van der Waals surface area contributed by atoms with E-state index in [2.05, 4.69) is 21.8 Å². The van der Waals surface area contributed by atoms with Crippen LogP contribution >= 0.6 is 0 Å². The largest absolute Gasteiger partial charge is 0.467 e. The maximum absolute atomic E-state index is 5.51. The normalized spacial score (nSPS) is 11.0. The molecule has 0 aliphatic carbocycles. The number of hydrogen-bond donors (Lipinski definition) is 1. The van der Waals surface area contributed by atoms with E-state index in [-0.39, 0.29) is 0 Å². The monoisotopic (exact) mass is 263 g/mol. The zero-order valence-corrected chi connectivity index (χ0v) is 11.3. The summed E-state index contributed by atoms with van der Waals surface area (Å²) in [7, 11) is 0. The topological polar surface area (TPSA) is 52.2 Å². The molecule has 2 heterocycles. The van der Waals surface area contributed by atoms with Crippen LogP contribution in [0, 0.1) is 0 Å². The zero-order valence-electron chi connectivity index (χ0n) is 11.3. The molecule has 0 bridgehead atoms. The van der Waals surface area contributed by atoms with Crippen LogP contribution in [-0.2, 0) is 24.4 Å². The lowest BCUT2D eigenvalue weighted by Gasteiger charge is -2.07. The number of furan rings is 1. The van der Waals surface area contributed by atoms with E-state index in [1.807, 2.05) is 24.7 Å². The summed E-state index contributed by atoms with van der Waals surface area (Å²) in [6, 6.07) is 3.79. The lowest BCUT2D eigenvalue weighted by Crippen LogP contribution is -2.18. The third-order valence-electron chi connectivity index (χ3n) is 2.91. The first-order valence-corrected chi connectivity index (χ1v) is 6.70. The van der Waals surface area contributed by atoms with Gasteiger partial charge in [0, 0.05) is 25.9 Å². The molecule has 0 radical (unpaired) electrons. The van der Waals surface area contributed by atoms with Crippen LogP contribution in [0.15, 0.2) is 35.3 Å². The van der Waals surface area contributed by atoms with Crippen molar-refractivity contribution >= 4 is 0 Å². The van der Waals surface area contributed by atoms with E-state index in [4.69, 9.17) is 9.15 Å². The first kappa shape index (κ1) is 13.8. The van der Waals surface area contributed by atoms with Crippen molar-refractivity contribution in [2.45, 2.75) is 33.0 Å². The second-order valence-corrected chi connectivity index (χ2v) is 4.33. The number of ether oxygens (including phenoxy) is 1. The van der Waals surface area contributed by atoms with Crippen LogP contribution in [0.3, 0.4) is 0 Å². The zero-order chi connectivity index (χ0) is 13.3. The Labute approximate surface area is 113 Å². The van der Waals surface area contributed by atoms with E-state index in [9.17, 15) is 0 Å². The van der Waals surface area contributed by atoms with Crippen molar-refractivity contribution in [3.05, 3.63) is 42.4 Å². The van der Waals surface area contributed by atoms with Crippen molar-refractivity contribution in [1.82, 2.24) is 14.9 Å². The molecule has 0 amide bonds. The van der Waals surface area contributed by atoms with Gasteiger partial charge in [0.25, 0.3) is 0 Å². The summed E-state index contributed by atoms with van der Waals surface area (Å²) in [6.45, 7) is 6.16. The molecule has 2 aromatic rings. The molecule has 0 saturated carbocycles. The van der Waals surface area contributed by atoms with Gasteiger partial charge in [0.15, 0.2) is 0 Å². The summed E-state index contributed by atoms with van der Waals surface area (Å²) in [5, 5.41) is 3.39. The van der Waals surface area contributed by atoms with Gasteiger partial charge in [0.2, 0.25) is 0 Å².